The maximum atomic E-state index is 10.4. The average molecular weight is 272 g/mol. The summed E-state index contributed by atoms with van der Waals surface area (Å²) in [7, 11) is 0. The number of nitrogens with two attached hydrogens (primary N) is 1. The molecular formula is C11H14BrNO2. The number of carboxylic acid groups (broad SMARTS) is 1. The van der Waals surface area contributed by atoms with Crippen LogP contribution in [0.3, 0.4) is 0 Å². The van der Waals surface area contributed by atoms with Gasteiger partial charge in [0.05, 0.1) is 0 Å². The van der Waals surface area contributed by atoms with Gasteiger partial charge < -0.3 is 10.8 Å². The van der Waals surface area contributed by atoms with E-state index in [-0.39, 0.29) is 12.5 Å². The largest absolute Gasteiger partial charge is 0.481 e. The fourth-order valence-corrected chi connectivity index (χ4v) is 1.84. The van der Waals surface area contributed by atoms with Crippen LogP contribution < -0.4 is 5.73 Å². The average Bonchev–Trinajstić information content (AvgIpc) is 2.18. The first-order valence-electron chi connectivity index (χ1n) is 4.74. The highest BCUT2D eigenvalue weighted by molar-refractivity contribution is 9.10. The molecule has 15 heavy (non-hydrogen) atoms. The van der Waals surface area contributed by atoms with Crippen LogP contribution in [0.2, 0.25) is 0 Å². The van der Waals surface area contributed by atoms with Crippen molar-refractivity contribution in [2.75, 3.05) is 0 Å². The lowest BCUT2D eigenvalue weighted by molar-refractivity contribution is -0.137. The van der Waals surface area contributed by atoms with Crippen LogP contribution in [0.5, 0.6) is 0 Å². The monoisotopic (exact) mass is 271 g/mol. The molecule has 3 N–H and O–H groups in total. The highest BCUT2D eigenvalue weighted by Gasteiger charge is 2.11. The maximum Gasteiger partial charge on any atom is 0.303 e. The van der Waals surface area contributed by atoms with Gasteiger partial charge in [0.1, 0.15) is 0 Å². The molecule has 0 radical (unpaired) electrons. The minimum Gasteiger partial charge on any atom is -0.481 e. The molecule has 1 atom stereocenters. The molecule has 0 fully saturated rings. The van der Waals surface area contributed by atoms with Crippen LogP contribution >= 0.6 is 15.9 Å². The second kappa shape index (κ2) is 5.28. The number of aliphatic carboxylic acids is 1. The van der Waals surface area contributed by atoms with Gasteiger partial charge in [0.25, 0.3) is 0 Å². The number of carboxylic acids is 1. The van der Waals surface area contributed by atoms with E-state index in [1.54, 1.807) is 0 Å². The number of hydrogen-bond donors (Lipinski definition) is 2. The summed E-state index contributed by atoms with van der Waals surface area (Å²) in [6, 6.07) is 5.58. The zero-order valence-corrected chi connectivity index (χ0v) is 10.1. The Hall–Kier alpha value is -0.870. The molecule has 1 aromatic rings. The fraction of sp³-hybridized carbons (Fsp3) is 0.364. The van der Waals surface area contributed by atoms with E-state index < -0.39 is 5.97 Å². The molecule has 82 valence electrons. The van der Waals surface area contributed by atoms with Crippen LogP contribution in [-0.4, -0.2) is 11.1 Å². The van der Waals surface area contributed by atoms with Crippen molar-refractivity contribution < 1.29 is 9.90 Å². The van der Waals surface area contributed by atoms with Crippen molar-refractivity contribution in [1.82, 2.24) is 0 Å². The number of carbonyl (C=O) groups is 1. The van der Waals surface area contributed by atoms with E-state index in [0.717, 1.165) is 15.6 Å². The van der Waals surface area contributed by atoms with Crippen molar-refractivity contribution in [3.05, 3.63) is 33.8 Å². The summed E-state index contributed by atoms with van der Waals surface area (Å²) in [5.74, 6) is -0.807. The van der Waals surface area contributed by atoms with Gasteiger partial charge in [0, 0.05) is 16.9 Å². The van der Waals surface area contributed by atoms with Gasteiger partial charge in [-0.15, -0.1) is 0 Å². The molecule has 0 heterocycles. The lowest BCUT2D eigenvalue weighted by Gasteiger charge is -2.14. The predicted molar refractivity (Wildman–Crippen MR) is 62.7 cm³/mol. The van der Waals surface area contributed by atoms with Crippen molar-refractivity contribution in [1.29, 1.82) is 0 Å². The summed E-state index contributed by atoms with van der Waals surface area (Å²) in [4.78, 5) is 10.4. The number of halogens is 1. The SMILES string of the molecule is Cc1c(Br)cccc1C(N)CCC(=O)O. The van der Waals surface area contributed by atoms with Crippen molar-refractivity contribution in [2.24, 2.45) is 5.73 Å². The first kappa shape index (κ1) is 12.2. The highest BCUT2D eigenvalue weighted by atomic mass is 79.9. The fourth-order valence-electron chi connectivity index (χ4n) is 1.46. The Labute approximate surface area is 97.4 Å². The van der Waals surface area contributed by atoms with Gasteiger partial charge in [-0.2, -0.15) is 0 Å². The Kier molecular flexibility index (Phi) is 4.29. The van der Waals surface area contributed by atoms with Gasteiger partial charge in [-0.3, -0.25) is 4.79 Å². The van der Waals surface area contributed by atoms with Gasteiger partial charge in [0.2, 0.25) is 0 Å². The zero-order chi connectivity index (χ0) is 11.4. The van der Waals surface area contributed by atoms with Gasteiger partial charge in [0.15, 0.2) is 0 Å². The van der Waals surface area contributed by atoms with Gasteiger partial charge >= 0.3 is 5.97 Å². The lowest BCUT2D eigenvalue weighted by atomic mass is 9.98. The Balaban J connectivity index is 2.77. The Bertz CT molecular complexity index is 366. The highest BCUT2D eigenvalue weighted by Crippen LogP contribution is 2.25. The van der Waals surface area contributed by atoms with E-state index in [2.05, 4.69) is 15.9 Å². The van der Waals surface area contributed by atoms with E-state index in [4.69, 9.17) is 10.8 Å². The standard InChI is InChI=1S/C11H14BrNO2/c1-7-8(3-2-4-9(7)12)10(13)5-6-11(14)15/h2-4,10H,5-6,13H2,1H3,(H,14,15). The third-order valence-electron chi connectivity index (χ3n) is 2.38. The molecule has 4 heteroatoms. The third-order valence-corrected chi connectivity index (χ3v) is 3.24. The van der Waals surface area contributed by atoms with Gasteiger partial charge in [-0.1, -0.05) is 28.1 Å². The minimum atomic E-state index is -0.807. The van der Waals surface area contributed by atoms with E-state index in [1.807, 2.05) is 25.1 Å². The van der Waals surface area contributed by atoms with Crippen LogP contribution in [0, 0.1) is 6.92 Å². The minimum absolute atomic E-state index is 0.104. The molecule has 3 nitrogen and oxygen atoms in total. The Morgan fingerprint density at radius 2 is 2.27 bits per heavy atom. The van der Waals surface area contributed by atoms with Crippen LogP contribution in [0.1, 0.15) is 30.0 Å². The third kappa shape index (κ3) is 3.32. The Morgan fingerprint density at radius 3 is 2.87 bits per heavy atom. The lowest BCUT2D eigenvalue weighted by Crippen LogP contribution is -2.13. The molecular weight excluding hydrogens is 258 g/mol. The molecule has 0 aliphatic rings. The van der Waals surface area contributed by atoms with Crippen LogP contribution in [-0.2, 0) is 4.79 Å². The van der Waals surface area contributed by atoms with Crippen LogP contribution in [0.15, 0.2) is 22.7 Å². The first-order chi connectivity index (χ1) is 7.02. The van der Waals surface area contributed by atoms with Crippen LogP contribution in [0.25, 0.3) is 0 Å². The van der Waals surface area contributed by atoms with E-state index in [1.165, 1.54) is 0 Å². The van der Waals surface area contributed by atoms with E-state index in [9.17, 15) is 4.79 Å². The smallest absolute Gasteiger partial charge is 0.303 e. The predicted octanol–water partition coefficient (Wildman–Crippen LogP) is 2.62. The molecule has 0 bridgehead atoms. The van der Waals surface area contributed by atoms with Crippen molar-refractivity contribution >= 4 is 21.9 Å². The molecule has 0 spiro atoms. The molecule has 0 saturated carbocycles. The quantitative estimate of drug-likeness (QED) is 0.885. The topological polar surface area (TPSA) is 63.3 Å². The molecule has 1 unspecified atom stereocenters. The van der Waals surface area contributed by atoms with Gasteiger partial charge in [-0.25, -0.2) is 0 Å². The van der Waals surface area contributed by atoms with Crippen molar-refractivity contribution in [3.8, 4) is 0 Å². The summed E-state index contributed by atoms with van der Waals surface area (Å²) in [6.45, 7) is 1.97. The molecule has 0 aliphatic carbocycles. The molecule has 1 aromatic carbocycles. The molecule has 0 aliphatic heterocycles. The second-order valence-corrected chi connectivity index (χ2v) is 4.35. The number of rotatable bonds is 4. The van der Waals surface area contributed by atoms with Gasteiger partial charge in [-0.05, 0) is 30.5 Å². The first-order valence-corrected chi connectivity index (χ1v) is 5.54. The molecule has 1 rings (SSSR count). The summed E-state index contributed by atoms with van der Waals surface area (Å²) in [5, 5.41) is 8.57. The summed E-state index contributed by atoms with van der Waals surface area (Å²) >= 11 is 3.42. The molecule has 0 amide bonds. The van der Waals surface area contributed by atoms with Crippen LogP contribution in [0.4, 0.5) is 0 Å². The normalized spacial score (nSPS) is 12.5. The summed E-state index contributed by atoms with van der Waals surface area (Å²) in [6.07, 6.45) is 0.569. The molecule has 0 saturated heterocycles. The Morgan fingerprint density at radius 1 is 1.60 bits per heavy atom. The molecule has 0 aromatic heterocycles. The summed E-state index contributed by atoms with van der Waals surface area (Å²) in [5.41, 5.74) is 8.01. The number of hydrogen-bond acceptors (Lipinski definition) is 2. The van der Waals surface area contributed by atoms with Crippen molar-refractivity contribution in [3.63, 3.8) is 0 Å². The van der Waals surface area contributed by atoms with E-state index >= 15 is 0 Å². The number of benzene rings is 1. The zero-order valence-electron chi connectivity index (χ0n) is 8.53. The second-order valence-electron chi connectivity index (χ2n) is 3.49. The van der Waals surface area contributed by atoms with E-state index in [0.29, 0.717) is 6.42 Å². The van der Waals surface area contributed by atoms with Crippen molar-refractivity contribution in [2.45, 2.75) is 25.8 Å². The summed E-state index contributed by atoms with van der Waals surface area (Å²) < 4.78 is 1.01. The maximum absolute atomic E-state index is 10.4.